The van der Waals surface area contributed by atoms with E-state index < -0.39 is 9.84 Å². The molecule has 0 unspecified atom stereocenters. The van der Waals surface area contributed by atoms with Gasteiger partial charge >= 0.3 is 0 Å². The zero-order valence-corrected chi connectivity index (χ0v) is 19.0. The summed E-state index contributed by atoms with van der Waals surface area (Å²) < 4.78 is 25.1. The van der Waals surface area contributed by atoms with E-state index in [0.717, 1.165) is 28.2 Å². The highest BCUT2D eigenvalue weighted by Gasteiger charge is 2.09. The molecule has 0 atom stereocenters. The fourth-order valence-corrected chi connectivity index (χ4v) is 4.04. The summed E-state index contributed by atoms with van der Waals surface area (Å²) in [6, 6.07) is 26.0. The van der Waals surface area contributed by atoms with Gasteiger partial charge in [-0.15, -0.1) is 5.10 Å². The second kappa shape index (κ2) is 8.87. The molecule has 0 saturated carbocycles. The van der Waals surface area contributed by atoms with Crippen molar-refractivity contribution in [2.75, 3.05) is 11.6 Å². The largest absolute Gasteiger partial charge is 0.324 e. The summed E-state index contributed by atoms with van der Waals surface area (Å²) in [5.41, 5.74) is 4.99. The van der Waals surface area contributed by atoms with Crippen molar-refractivity contribution in [3.8, 4) is 28.2 Å². The van der Waals surface area contributed by atoms with Crippen molar-refractivity contribution in [3.63, 3.8) is 0 Å². The molecule has 0 spiro atoms. The van der Waals surface area contributed by atoms with Gasteiger partial charge < -0.3 is 5.32 Å². The summed E-state index contributed by atoms with van der Waals surface area (Å²) in [6.07, 6.45) is 4.73. The second-order valence-electron chi connectivity index (χ2n) is 7.65. The first kappa shape index (κ1) is 21.5. The maximum atomic E-state index is 11.7. The van der Waals surface area contributed by atoms with Gasteiger partial charge in [0.2, 0.25) is 5.95 Å². The van der Waals surface area contributed by atoms with E-state index in [1.54, 1.807) is 41.2 Å². The molecule has 168 valence electrons. The van der Waals surface area contributed by atoms with Gasteiger partial charge in [-0.25, -0.2) is 23.1 Å². The minimum atomic E-state index is -3.24. The zero-order chi connectivity index (χ0) is 23.5. The van der Waals surface area contributed by atoms with Crippen LogP contribution >= 0.6 is 0 Å². The van der Waals surface area contributed by atoms with E-state index in [-0.39, 0.29) is 4.90 Å². The minimum absolute atomic E-state index is 0.270. The highest BCUT2D eigenvalue weighted by atomic mass is 32.2. The molecule has 1 N–H and O–H groups in total. The van der Waals surface area contributed by atoms with Crippen LogP contribution < -0.4 is 5.32 Å². The number of sulfone groups is 1. The molecule has 0 radical (unpaired) electrons. The van der Waals surface area contributed by atoms with E-state index >= 15 is 0 Å². The van der Waals surface area contributed by atoms with Crippen LogP contribution in [0, 0.1) is 0 Å². The summed E-state index contributed by atoms with van der Waals surface area (Å²) in [5, 5.41) is 11.7. The van der Waals surface area contributed by atoms with E-state index in [2.05, 4.69) is 25.6 Å². The fraction of sp³-hybridized carbons (Fsp3) is 0.0400. The lowest BCUT2D eigenvalue weighted by atomic mass is 10.1. The lowest BCUT2D eigenvalue weighted by molar-refractivity contribution is 0.602. The molecule has 3 aromatic carbocycles. The van der Waals surface area contributed by atoms with Gasteiger partial charge in [-0.05, 0) is 42.5 Å². The molecule has 9 heteroatoms. The Hall–Kier alpha value is -4.37. The highest BCUT2D eigenvalue weighted by molar-refractivity contribution is 7.90. The molecule has 5 aromatic rings. The van der Waals surface area contributed by atoms with Crippen LogP contribution in [-0.4, -0.2) is 39.6 Å². The molecule has 0 bridgehead atoms. The lowest BCUT2D eigenvalue weighted by Gasteiger charge is -2.08. The Morgan fingerprint density at radius 3 is 2.21 bits per heavy atom. The summed E-state index contributed by atoms with van der Waals surface area (Å²) in [5.74, 6) is 0.435. The van der Waals surface area contributed by atoms with Crippen LogP contribution in [-0.2, 0) is 9.84 Å². The maximum Gasteiger partial charge on any atom is 0.227 e. The molecule has 0 fully saturated rings. The van der Waals surface area contributed by atoms with E-state index in [1.807, 2.05) is 60.8 Å². The molecule has 5 rings (SSSR count). The Bertz CT molecular complexity index is 1530. The van der Waals surface area contributed by atoms with Gasteiger partial charge in [0.05, 0.1) is 22.5 Å². The monoisotopic (exact) mass is 468 g/mol. The third-order valence-electron chi connectivity index (χ3n) is 5.18. The van der Waals surface area contributed by atoms with Gasteiger partial charge in [0.1, 0.15) is 5.69 Å². The van der Waals surface area contributed by atoms with Gasteiger partial charge in [-0.3, -0.25) is 0 Å². The van der Waals surface area contributed by atoms with Crippen LogP contribution in [0.2, 0.25) is 0 Å². The minimum Gasteiger partial charge on any atom is -0.324 e. The molecule has 8 nitrogen and oxygen atoms in total. The van der Waals surface area contributed by atoms with Crippen LogP contribution in [0.4, 0.5) is 11.6 Å². The molecular weight excluding hydrogens is 448 g/mol. The molecule has 0 saturated heterocycles. The number of benzene rings is 3. The molecule has 2 aromatic heterocycles. The van der Waals surface area contributed by atoms with Crippen LogP contribution in [0.3, 0.4) is 0 Å². The van der Waals surface area contributed by atoms with E-state index in [0.29, 0.717) is 11.6 Å². The Kier molecular flexibility index (Phi) is 5.60. The Morgan fingerprint density at radius 2 is 1.50 bits per heavy atom. The molecule has 0 amide bonds. The summed E-state index contributed by atoms with van der Waals surface area (Å²) in [6.45, 7) is 0. The topological polar surface area (TPSA) is 103 Å². The predicted octanol–water partition coefficient (Wildman–Crippen LogP) is 4.54. The van der Waals surface area contributed by atoms with Crippen LogP contribution in [0.25, 0.3) is 28.2 Å². The van der Waals surface area contributed by atoms with Crippen molar-refractivity contribution < 1.29 is 8.42 Å². The normalized spacial score (nSPS) is 11.3. The molecule has 0 aliphatic heterocycles. The molecular formula is C25H20N6O2S. The van der Waals surface area contributed by atoms with Crippen LogP contribution in [0.5, 0.6) is 0 Å². The third kappa shape index (κ3) is 4.69. The number of anilines is 2. The van der Waals surface area contributed by atoms with E-state index in [1.165, 1.54) is 6.26 Å². The number of hydrogen-bond donors (Lipinski definition) is 1. The first-order valence-corrected chi connectivity index (χ1v) is 12.3. The van der Waals surface area contributed by atoms with Crippen molar-refractivity contribution in [1.29, 1.82) is 0 Å². The summed E-state index contributed by atoms with van der Waals surface area (Å²) in [7, 11) is -3.24. The van der Waals surface area contributed by atoms with Gasteiger partial charge in [0.15, 0.2) is 9.84 Å². The maximum absolute atomic E-state index is 11.7. The second-order valence-corrected chi connectivity index (χ2v) is 9.66. The van der Waals surface area contributed by atoms with E-state index in [4.69, 9.17) is 0 Å². The summed E-state index contributed by atoms with van der Waals surface area (Å²) >= 11 is 0. The zero-order valence-electron chi connectivity index (χ0n) is 18.2. The first-order chi connectivity index (χ1) is 16.5. The fourth-order valence-electron chi connectivity index (χ4n) is 3.41. The van der Waals surface area contributed by atoms with E-state index in [9.17, 15) is 8.42 Å². The van der Waals surface area contributed by atoms with Crippen molar-refractivity contribution >= 4 is 21.5 Å². The number of nitrogens with one attached hydrogen (secondary N) is 1. The van der Waals surface area contributed by atoms with Gasteiger partial charge in [0.25, 0.3) is 0 Å². The SMILES string of the molecule is CS(=O)(=O)c1ccc(-c2ccnc(Nc3ccc(-n4cc(-c5ccccc5)nn4)cc3)n2)cc1. The lowest BCUT2D eigenvalue weighted by Crippen LogP contribution is -2.00. The Morgan fingerprint density at radius 1 is 0.794 bits per heavy atom. The standard InChI is InChI=1S/C25H20N6O2S/c1-34(32,33)22-13-7-19(8-14-22)23-15-16-26-25(28-23)27-20-9-11-21(12-10-20)31-17-24(29-30-31)18-5-3-2-4-6-18/h2-17H,1H3,(H,26,27,28). The number of nitrogens with zero attached hydrogens (tertiary/aromatic N) is 5. The molecule has 0 aliphatic carbocycles. The first-order valence-electron chi connectivity index (χ1n) is 10.4. The molecule has 0 aliphatic rings. The number of rotatable bonds is 6. The molecule has 2 heterocycles. The van der Waals surface area contributed by atoms with Crippen molar-refractivity contribution in [3.05, 3.63) is 97.3 Å². The molecule has 34 heavy (non-hydrogen) atoms. The highest BCUT2D eigenvalue weighted by Crippen LogP contribution is 2.22. The van der Waals surface area contributed by atoms with Gasteiger partial charge in [-0.2, -0.15) is 0 Å². The van der Waals surface area contributed by atoms with Crippen molar-refractivity contribution in [2.45, 2.75) is 4.90 Å². The Balaban J connectivity index is 1.32. The quantitative estimate of drug-likeness (QED) is 0.390. The van der Waals surface area contributed by atoms with Crippen LogP contribution in [0.1, 0.15) is 0 Å². The average Bonchev–Trinajstić information content (AvgIpc) is 3.35. The van der Waals surface area contributed by atoms with Gasteiger partial charge in [0, 0.05) is 29.3 Å². The van der Waals surface area contributed by atoms with Crippen LogP contribution in [0.15, 0.2) is 102 Å². The van der Waals surface area contributed by atoms with Crippen molar-refractivity contribution in [1.82, 2.24) is 25.0 Å². The number of aromatic nitrogens is 5. The smallest absolute Gasteiger partial charge is 0.227 e. The average molecular weight is 469 g/mol. The van der Waals surface area contributed by atoms with Gasteiger partial charge in [-0.1, -0.05) is 47.7 Å². The third-order valence-corrected chi connectivity index (χ3v) is 6.31. The predicted molar refractivity (Wildman–Crippen MR) is 131 cm³/mol. The number of hydrogen-bond acceptors (Lipinski definition) is 7. The van der Waals surface area contributed by atoms with Crippen molar-refractivity contribution in [2.24, 2.45) is 0 Å². The summed E-state index contributed by atoms with van der Waals surface area (Å²) in [4.78, 5) is 9.11. The Labute approximate surface area is 196 Å².